The van der Waals surface area contributed by atoms with Crippen LogP contribution < -0.4 is 5.56 Å². The molecule has 0 aliphatic carbocycles. The molecule has 90 valence electrons. The lowest BCUT2D eigenvalue weighted by atomic mass is 9.93. The minimum absolute atomic E-state index is 0.0916. The Morgan fingerprint density at radius 2 is 1.88 bits per heavy atom. The van der Waals surface area contributed by atoms with Gasteiger partial charge in [0.25, 0.3) is 5.56 Å². The van der Waals surface area contributed by atoms with Gasteiger partial charge in [-0.3, -0.25) is 9.89 Å². The first-order chi connectivity index (χ1) is 7.89. The maximum Gasteiger partial charge on any atom is 0.271 e. The van der Waals surface area contributed by atoms with E-state index < -0.39 is 0 Å². The zero-order chi connectivity index (χ0) is 12.6. The van der Waals surface area contributed by atoms with E-state index in [-0.39, 0.29) is 11.0 Å². The fraction of sp³-hybridized carbons (Fsp3) is 0.308. The molecule has 0 bridgehead atoms. The SMILES string of the molecule is CC(C)(C)c1cc(=O)n(-c2ccccc2Cl)[nH]1. The van der Waals surface area contributed by atoms with Crippen LogP contribution in [0.2, 0.25) is 5.02 Å². The average molecular weight is 251 g/mol. The topological polar surface area (TPSA) is 37.8 Å². The summed E-state index contributed by atoms with van der Waals surface area (Å²) in [7, 11) is 0. The van der Waals surface area contributed by atoms with Crippen molar-refractivity contribution in [3.05, 3.63) is 51.4 Å². The Labute approximate surface area is 105 Å². The van der Waals surface area contributed by atoms with Crippen molar-refractivity contribution in [3.63, 3.8) is 0 Å². The Kier molecular flexibility index (Phi) is 2.87. The molecule has 0 aliphatic heterocycles. The summed E-state index contributed by atoms with van der Waals surface area (Å²) in [6.07, 6.45) is 0. The fourth-order valence-electron chi connectivity index (χ4n) is 1.59. The maximum absolute atomic E-state index is 11.9. The van der Waals surface area contributed by atoms with Crippen molar-refractivity contribution < 1.29 is 0 Å². The molecule has 1 aromatic heterocycles. The van der Waals surface area contributed by atoms with E-state index >= 15 is 0 Å². The summed E-state index contributed by atoms with van der Waals surface area (Å²) in [6, 6.07) is 8.88. The largest absolute Gasteiger partial charge is 0.294 e. The van der Waals surface area contributed by atoms with Gasteiger partial charge in [-0.05, 0) is 12.1 Å². The van der Waals surface area contributed by atoms with Gasteiger partial charge < -0.3 is 0 Å². The highest BCUT2D eigenvalue weighted by Crippen LogP contribution is 2.21. The molecule has 0 amide bonds. The van der Waals surface area contributed by atoms with Crippen molar-refractivity contribution >= 4 is 11.6 Å². The minimum atomic E-state index is -0.0944. The Hall–Kier alpha value is -1.48. The molecule has 0 saturated heterocycles. The summed E-state index contributed by atoms with van der Waals surface area (Å²) < 4.78 is 1.48. The number of aromatic nitrogens is 2. The number of hydrogen-bond donors (Lipinski definition) is 1. The van der Waals surface area contributed by atoms with Gasteiger partial charge >= 0.3 is 0 Å². The third-order valence-electron chi connectivity index (χ3n) is 2.62. The number of benzene rings is 1. The van der Waals surface area contributed by atoms with Gasteiger partial charge in [-0.1, -0.05) is 44.5 Å². The standard InChI is InChI=1S/C13H15ClN2O/c1-13(2,3)11-8-12(17)16(15-11)10-7-5-4-6-9(10)14/h4-8,15H,1-3H3. The van der Waals surface area contributed by atoms with E-state index in [9.17, 15) is 4.79 Å². The van der Waals surface area contributed by atoms with Crippen molar-refractivity contribution in [3.8, 4) is 5.69 Å². The molecule has 1 N–H and O–H groups in total. The first kappa shape index (κ1) is 12.0. The number of hydrogen-bond acceptors (Lipinski definition) is 1. The molecular formula is C13H15ClN2O. The second kappa shape index (κ2) is 4.08. The van der Waals surface area contributed by atoms with Crippen LogP contribution in [0.1, 0.15) is 26.5 Å². The Balaban J connectivity index is 2.59. The highest BCUT2D eigenvalue weighted by molar-refractivity contribution is 6.32. The molecule has 0 saturated carbocycles. The van der Waals surface area contributed by atoms with Crippen molar-refractivity contribution in [2.75, 3.05) is 0 Å². The molecule has 0 unspecified atom stereocenters. The van der Waals surface area contributed by atoms with Crippen LogP contribution in [-0.2, 0) is 5.41 Å². The van der Waals surface area contributed by atoms with Crippen LogP contribution in [-0.4, -0.2) is 9.78 Å². The number of halogens is 1. The lowest BCUT2D eigenvalue weighted by molar-refractivity contribution is 0.560. The van der Waals surface area contributed by atoms with Crippen LogP contribution in [0.4, 0.5) is 0 Å². The molecule has 1 aromatic carbocycles. The normalized spacial score (nSPS) is 11.8. The van der Waals surface area contributed by atoms with Crippen molar-refractivity contribution in [2.24, 2.45) is 0 Å². The van der Waals surface area contributed by atoms with E-state index in [1.165, 1.54) is 4.68 Å². The third-order valence-corrected chi connectivity index (χ3v) is 2.94. The molecule has 0 atom stereocenters. The second-order valence-electron chi connectivity index (χ2n) is 5.04. The van der Waals surface area contributed by atoms with Gasteiger partial charge in [-0.2, -0.15) is 0 Å². The molecule has 1 heterocycles. The number of H-pyrrole nitrogens is 1. The lowest BCUT2D eigenvalue weighted by Gasteiger charge is -2.15. The summed E-state index contributed by atoms with van der Waals surface area (Å²) >= 11 is 6.07. The summed E-state index contributed by atoms with van der Waals surface area (Å²) in [6.45, 7) is 6.15. The van der Waals surface area contributed by atoms with E-state index in [4.69, 9.17) is 11.6 Å². The van der Waals surface area contributed by atoms with Crippen molar-refractivity contribution in [1.82, 2.24) is 9.78 Å². The first-order valence-electron chi connectivity index (χ1n) is 5.47. The Morgan fingerprint density at radius 3 is 2.41 bits per heavy atom. The molecule has 0 fully saturated rings. The van der Waals surface area contributed by atoms with E-state index in [0.717, 1.165) is 5.69 Å². The molecule has 0 aliphatic rings. The minimum Gasteiger partial charge on any atom is -0.294 e. The zero-order valence-electron chi connectivity index (χ0n) is 10.1. The van der Waals surface area contributed by atoms with Crippen LogP contribution in [0.15, 0.2) is 35.1 Å². The molecule has 0 radical (unpaired) electrons. The van der Waals surface area contributed by atoms with Crippen LogP contribution in [0.5, 0.6) is 0 Å². The summed E-state index contributed by atoms with van der Waals surface area (Å²) in [4.78, 5) is 11.9. The van der Waals surface area contributed by atoms with E-state index in [0.29, 0.717) is 10.7 Å². The van der Waals surface area contributed by atoms with Crippen LogP contribution in [0.3, 0.4) is 0 Å². The maximum atomic E-state index is 11.9. The first-order valence-corrected chi connectivity index (χ1v) is 5.85. The predicted octanol–water partition coefficient (Wildman–Crippen LogP) is 3.12. The van der Waals surface area contributed by atoms with Crippen molar-refractivity contribution in [2.45, 2.75) is 26.2 Å². The van der Waals surface area contributed by atoms with Crippen LogP contribution in [0, 0.1) is 0 Å². The molecule has 0 spiro atoms. The Morgan fingerprint density at radius 1 is 1.24 bits per heavy atom. The Bertz CT molecular complexity index is 590. The monoisotopic (exact) mass is 250 g/mol. The molecule has 2 aromatic rings. The molecule has 3 nitrogen and oxygen atoms in total. The van der Waals surface area contributed by atoms with Gasteiger partial charge in [0.15, 0.2) is 0 Å². The summed E-state index contributed by atoms with van der Waals surface area (Å²) in [5, 5.41) is 3.65. The van der Waals surface area contributed by atoms with Crippen LogP contribution >= 0.6 is 11.6 Å². The molecular weight excluding hydrogens is 236 g/mol. The lowest BCUT2D eigenvalue weighted by Crippen LogP contribution is -2.14. The summed E-state index contributed by atoms with van der Waals surface area (Å²) in [5.74, 6) is 0. The third kappa shape index (κ3) is 2.29. The quantitative estimate of drug-likeness (QED) is 0.830. The number of para-hydroxylation sites is 1. The van der Waals surface area contributed by atoms with Crippen molar-refractivity contribution in [1.29, 1.82) is 0 Å². The smallest absolute Gasteiger partial charge is 0.271 e. The average Bonchev–Trinajstić information content (AvgIpc) is 2.61. The number of nitrogens with zero attached hydrogens (tertiary/aromatic N) is 1. The van der Waals surface area contributed by atoms with E-state index in [2.05, 4.69) is 25.9 Å². The second-order valence-corrected chi connectivity index (χ2v) is 5.45. The molecule has 17 heavy (non-hydrogen) atoms. The highest BCUT2D eigenvalue weighted by atomic mass is 35.5. The predicted molar refractivity (Wildman–Crippen MR) is 70.1 cm³/mol. The van der Waals surface area contributed by atoms with Gasteiger partial charge in [0.1, 0.15) is 0 Å². The van der Waals surface area contributed by atoms with E-state index in [1.54, 1.807) is 12.1 Å². The van der Waals surface area contributed by atoms with Crippen LogP contribution in [0.25, 0.3) is 5.69 Å². The number of nitrogens with one attached hydrogen (secondary N) is 1. The number of aromatic amines is 1. The van der Waals surface area contributed by atoms with Gasteiger partial charge in [-0.15, -0.1) is 0 Å². The number of rotatable bonds is 1. The van der Waals surface area contributed by atoms with E-state index in [1.807, 2.05) is 18.2 Å². The highest BCUT2D eigenvalue weighted by Gasteiger charge is 2.18. The van der Waals surface area contributed by atoms with Gasteiger partial charge in [0.05, 0.1) is 10.7 Å². The zero-order valence-corrected chi connectivity index (χ0v) is 10.9. The van der Waals surface area contributed by atoms with Gasteiger partial charge in [0.2, 0.25) is 0 Å². The molecule has 4 heteroatoms. The van der Waals surface area contributed by atoms with Gasteiger partial charge in [0, 0.05) is 17.2 Å². The van der Waals surface area contributed by atoms with Gasteiger partial charge in [-0.25, -0.2) is 4.68 Å². The molecule has 2 rings (SSSR count). The summed E-state index contributed by atoms with van der Waals surface area (Å²) in [5.41, 5.74) is 1.38. The fourth-order valence-corrected chi connectivity index (χ4v) is 1.81.